The van der Waals surface area contributed by atoms with E-state index in [1.807, 2.05) is 30.8 Å². The Morgan fingerprint density at radius 1 is 1.24 bits per heavy atom. The molecule has 2 aromatic heterocycles. The van der Waals surface area contributed by atoms with Crippen LogP contribution in [0.15, 0.2) is 29.7 Å². The zero-order valence-corrected chi connectivity index (χ0v) is 13.7. The zero-order chi connectivity index (χ0) is 15.1. The first-order chi connectivity index (χ1) is 10.2. The lowest BCUT2D eigenvalue weighted by molar-refractivity contribution is 0.625. The minimum atomic E-state index is 0.223. The highest BCUT2D eigenvalue weighted by Crippen LogP contribution is 2.16. The fourth-order valence-corrected chi connectivity index (χ4v) is 2.50. The van der Waals surface area contributed by atoms with Crippen LogP contribution in [0.5, 0.6) is 0 Å². The van der Waals surface area contributed by atoms with Gasteiger partial charge in [0.1, 0.15) is 0 Å². The molecule has 5 nitrogen and oxygen atoms in total. The van der Waals surface area contributed by atoms with Crippen LogP contribution in [0.3, 0.4) is 0 Å². The predicted molar refractivity (Wildman–Crippen MR) is 86.9 cm³/mol. The van der Waals surface area contributed by atoms with Gasteiger partial charge in [-0.3, -0.25) is 4.98 Å². The maximum Gasteiger partial charge on any atom is 0.228 e. The molecule has 2 rings (SSSR count). The molecule has 7 heteroatoms. The van der Waals surface area contributed by atoms with E-state index in [1.54, 1.807) is 0 Å². The van der Waals surface area contributed by atoms with Gasteiger partial charge in [-0.05, 0) is 54.8 Å². The number of thioether (sulfide) groups is 1. The molecular weight excluding hydrogens is 306 g/mol. The molecule has 0 radical (unpaired) electrons. The molecule has 21 heavy (non-hydrogen) atoms. The van der Waals surface area contributed by atoms with E-state index in [0.717, 1.165) is 19.3 Å². The molecule has 0 bridgehead atoms. The van der Waals surface area contributed by atoms with Crippen LogP contribution in [0.1, 0.15) is 25.3 Å². The van der Waals surface area contributed by atoms with Gasteiger partial charge >= 0.3 is 0 Å². The van der Waals surface area contributed by atoms with Gasteiger partial charge in [-0.15, -0.1) is 0 Å². The number of halogens is 1. The van der Waals surface area contributed by atoms with E-state index in [2.05, 4.69) is 32.2 Å². The molecule has 0 fully saturated rings. The maximum absolute atomic E-state index is 5.91. The van der Waals surface area contributed by atoms with Gasteiger partial charge in [-0.25, -0.2) is 0 Å². The molecular formula is C14H18ClN5S. The molecule has 0 aliphatic carbocycles. The number of hydrogen-bond acceptors (Lipinski definition) is 6. The van der Waals surface area contributed by atoms with Gasteiger partial charge in [0.15, 0.2) is 5.16 Å². The Morgan fingerprint density at radius 3 is 2.67 bits per heavy atom. The van der Waals surface area contributed by atoms with Crippen molar-refractivity contribution in [3.63, 3.8) is 0 Å². The number of nitrogens with one attached hydrogen (secondary N) is 1. The van der Waals surface area contributed by atoms with Crippen molar-refractivity contribution in [1.29, 1.82) is 0 Å². The molecule has 1 N–H and O–H groups in total. The Morgan fingerprint density at radius 2 is 2.00 bits per heavy atom. The van der Waals surface area contributed by atoms with Crippen LogP contribution in [0.4, 0.5) is 5.95 Å². The first-order valence-electron chi connectivity index (χ1n) is 6.82. The van der Waals surface area contributed by atoms with E-state index in [1.165, 1.54) is 17.3 Å². The third-order valence-corrected chi connectivity index (χ3v) is 3.84. The van der Waals surface area contributed by atoms with Crippen LogP contribution < -0.4 is 5.32 Å². The van der Waals surface area contributed by atoms with Crippen LogP contribution in [0.2, 0.25) is 5.28 Å². The average Bonchev–Trinajstić information content (AvgIpc) is 2.51. The van der Waals surface area contributed by atoms with Crippen molar-refractivity contribution < 1.29 is 0 Å². The highest BCUT2D eigenvalue weighted by atomic mass is 35.5. The number of aromatic nitrogens is 4. The van der Waals surface area contributed by atoms with E-state index in [9.17, 15) is 0 Å². The number of aryl methyl sites for hydroxylation is 1. The number of pyridine rings is 1. The number of hydrogen-bond donors (Lipinski definition) is 1. The molecule has 0 aliphatic heterocycles. The Hall–Kier alpha value is -1.40. The summed E-state index contributed by atoms with van der Waals surface area (Å²) < 4.78 is 0. The van der Waals surface area contributed by atoms with Crippen molar-refractivity contribution in [3.8, 4) is 0 Å². The first kappa shape index (κ1) is 16.0. The Labute approximate surface area is 134 Å². The molecule has 0 saturated heterocycles. The molecule has 112 valence electrons. The fourth-order valence-electron chi connectivity index (χ4n) is 1.94. The smallest absolute Gasteiger partial charge is 0.228 e. The van der Waals surface area contributed by atoms with Crippen LogP contribution in [-0.2, 0) is 6.42 Å². The van der Waals surface area contributed by atoms with Gasteiger partial charge in [0.2, 0.25) is 11.2 Å². The highest BCUT2D eigenvalue weighted by molar-refractivity contribution is 7.98. The predicted octanol–water partition coefficient (Wildman–Crippen LogP) is 3.47. The van der Waals surface area contributed by atoms with E-state index >= 15 is 0 Å². The van der Waals surface area contributed by atoms with Gasteiger partial charge in [0.25, 0.3) is 0 Å². The number of rotatable bonds is 7. The van der Waals surface area contributed by atoms with Crippen LogP contribution in [-0.4, -0.2) is 32.2 Å². The summed E-state index contributed by atoms with van der Waals surface area (Å²) in [5.41, 5.74) is 1.28. The SMILES string of the molecule is CCC(CCc1ccncc1)Nc1nc(Cl)nc(SC)n1. The third kappa shape index (κ3) is 5.13. The van der Waals surface area contributed by atoms with Crippen LogP contribution in [0.25, 0.3) is 0 Å². The van der Waals surface area contributed by atoms with E-state index in [4.69, 9.17) is 11.6 Å². The fraction of sp³-hybridized carbons (Fsp3) is 0.429. The van der Waals surface area contributed by atoms with Crippen molar-refractivity contribution in [1.82, 2.24) is 19.9 Å². The molecule has 1 atom stereocenters. The minimum absolute atomic E-state index is 0.223. The maximum atomic E-state index is 5.91. The summed E-state index contributed by atoms with van der Waals surface area (Å²) in [5.74, 6) is 0.543. The quantitative estimate of drug-likeness (QED) is 0.787. The van der Waals surface area contributed by atoms with Gasteiger partial charge in [-0.2, -0.15) is 15.0 Å². The third-order valence-electron chi connectivity index (χ3n) is 3.13. The summed E-state index contributed by atoms with van der Waals surface area (Å²) in [6, 6.07) is 4.38. The van der Waals surface area contributed by atoms with E-state index in [0.29, 0.717) is 17.1 Å². The van der Waals surface area contributed by atoms with Crippen LogP contribution in [0, 0.1) is 0 Å². The van der Waals surface area contributed by atoms with Crippen molar-refractivity contribution in [2.75, 3.05) is 11.6 Å². The van der Waals surface area contributed by atoms with Gasteiger partial charge in [0, 0.05) is 18.4 Å². The number of nitrogens with zero attached hydrogens (tertiary/aromatic N) is 4. The first-order valence-corrected chi connectivity index (χ1v) is 8.42. The van der Waals surface area contributed by atoms with Crippen LogP contribution >= 0.6 is 23.4 Å². The lowest BCUT2D eigenvalue weighted by Crippen LogP contribution is -2.21. The molecule has 0 aromatic carbocycles. The lowest BCUT2D eigenvalue weighted by atomic mass is 10.0. The van der Waals surface area contributed by atoms with Crippen molar-refractivity contribution >= 4 is 29.3 Å². The Kier molecular flexibility index (Phi) is 6.20. The van der Waals surface area contributed by atoms with Crippen molar-refractivity contribution in [3.05, 3.63) is 35.4 Å². The molecule has 2 aromatic rings. The van der Waals surface area contributed by atoms with Crippen molar-refractivity contribution in [2.24, 2.45) is 0 Å². The topological polar surface area (TPSA) is 63.6 Å². The van der Waals surface area contributed by atoms with E-state index in [-0.39, 0.29) is 5.28 Å². The van der Waals surface area contributed by atoms with E-state index < -0.39 is 0 Å². The molecule has 0 spiro atoms. The average molecular weight is 324 g/mol. The number of anilines is 1. The van der Waals surface area contributed by atoms with Gasteiger partial charge < -0.3 is 5.32 Å². The molecule has 1 unspecified atom stereocenters. The molecule has 0 aliphatic rings. The lowest BCUT2D eigenvalue weighted by Gasteiger charge is -2.17. The Bertz CT molecular complexity index is 567. The normalized spacial score (nSPS) is 12.1. The van der Waals surface area contributed by atoms with Gasteiger partial charge in [-0.1, -0.05) is 18.7 Å². The molecule has 0 saturated carbocycles. The van der Waals surface area contributed by atoms with Crippen molar-refractivity contribution in [2.45, 2.75) is 37.4 Å². The molecule has 0 amide bonds. The summed E-state index contributed by atoms with van der Waals surface area (Å²) in [6.07, 6.45) is 8.53. The second-order valence-electron chi connectivity index (χ2n) is 4.56. The minimum Gasteiger partial charge on any atom is -0.351 e. The summed E-state index contributed by atoms with van der Waals surface area (Å²) >= 11 is 7.35. The summed E-state index contributed by atoms with van der Waals surface area (Å²) in [7, 11) is 0. The standard InChI is InChI=1S/C14H18ClN5S/c1-3-11(5-4-10-6-8-16-9-7-10)17-13-18-12(15)19-14(20-13)21-2/h6-9,11H,3-5H2,1-2H3,(H,17,18,19,20). The Balaban J connectivity index is 1.97. The monoisotopic (exact) mass is 323 g/mol. The van der Waals surface area contributed by atoms with Gasteiger partial charge in [0.05, 0.1) is 0 Å². The molecule has 2 heterocycles. The highest BCUT2D eigenvalue weighted by Gasteiger charge is 2.10. The second-order valence-corrected chi connectivity index (χ2v) is 5.67. The summed E-state index contributed by atoms with van der Waals surface area (Å²) in [5, 5.41) is 4.19. The summed E-state index contributed by atoms with van der Waals surface area (Å²) in [4.78, 5) is 16.5. The zero-order valence-electron chi connectivity index (χ0n) is 12.1. The largest absolute Gasteiger partial charge is 0.351 e. The second kappa shape index (κ2) is 8.14. The summed E-state index contributed by atoms with van der Waals surface area (Å²) in [6.45, 7) is 2.14.